The summed E-state index contributed by atoms with van der Waals surface area (Å²) in [6.07, 6.45) is 1.27. The minimum absolute atomic E-state index is 0.0112. The van der Waals surface area contributed by atoms with E-state index in [4.69, 9.17) is 22.5 Å². The number of piperidine rings is 1. The molecule has 0 unspecified atom stereocenters. The Morgan fingerprint density at radius 1 is 1.40 bits per heavy atom. The van der Waals surface area contributed by atoms with Gasteiger partial charge in [-0.1, -0.05) is 16.8 Å². The van der Waals surface area contributed by atoms with Crippen LogP contribution in [-0.2, 0) is 0 Å². The topological polar surface area (TPSA) is 99.2 Å². The largest absolute Gasteiger partial charge is 0.507 e. The van der Waals surface area contributed by atoms with E-state index in [0.29, 0.717) is 31.0 Å². The number of amidine groups is 1. The van der Waals surface area contributed by atoms with Crippen LogP contribution < -0.4 is 5.73 Å². The van der Waals surface area contributed by atoms with E-state index in [2.05, 4.69) is 5.16 Å². The number of rotatable bonds is 2. The lowest BCUT2D eigenvalue weighted by Crippen LogP contribution is -2.41. The Morgan fingerprint density at radius 2 is 2.05 bits per heavy atom. The van der Waals surface area contributed by atoms with Gasteiger partial charge < -0.3 is 20.9 Å². The minimum Gasteiger partial charge on any atom is -0.507 e. The van der Waals surface area contributed by atoms with Gasteiger partial charge in [-0.25, -0.2) is 0 Å². The van der Waals surface area contributed by atoms with Crippen molar-refractivity contribution in [2.45, 2.75) is 12.8 Å². The van der Waals surface area contributed by atoms with Gasteiger partial charge in [-0.15, -0.1) is 0 Å². The number of nitrogens with two attached hydrogens (primary N) is 1. The molecular formula is C13H16ClN3O3. The molecule has 4 N–H and O–H groups in total. The molecule has 1 aliphatic rings. The molecule has 0 spiro atoms. The Hall–Kier alpha value is -1.95. The van der Waals surface area contributed by atoms with E-state index in [0.717, 1.165) is 0 Å². The Morgan fingerprint density at radius 3 is 2.60 bits per heavy atom. The van der Waals surface area contributed by atoms with Crippen molar-refractivity contribution in [1.29, 1.82) is 0 Å². The summed E-state index contributed by atoms with van der Waals surface area (Å²) < 4.78 is 0. The highest BCUT2D eigenvalue weighted by molar-refractivity contribution is 6.30. The van der Waals surface area contributed by atoms with Crippen LogP contribution in [-0.4, -0.2) is 40.0 Å². The Kier molecular flexibility index (Phi) is 4.34. The third-order valence-electron chi connectivity index (χ3n) is 3.51. The van der Waals surface area contributed by atoms with E-state index >= 15 is 0 Å². The monoisotopic (exact) mass is 297 g/mol. The fourth-order valence-electron chi connectivity index (χ4n) is 2.32. The number of phenolic OH excluding ortho intramolecular Hbond substituents is 1. The molecule has 0 bridgehead atoms. The average Bonchev–Trinajstić information content (AvgIpc) is 2.46. The molecule has 108 valence electrons. The number of phenols is 1. The lowest BCUT2D eigenvalue weighted by Gasteiger charge is -2.31. The van der Waals surface area contributed by atoms with Crippen LogP contribution in [0.1, 0.15) is 23.2 Å². The van der Waals surface area contributed by atoms with Gasteiger partial charge in [0.05, 0.1) is 5.56 Å². The van der Waals surface area contributed by atoms with Gasteiger partial charge in [0.15, 0.2) is 0 Å². The first-order valence-electron chi connectivity index (χ1n) is 6.28. The summed E-state index contributed by atoms with van der Waals surface area (Å²) >= 11 is 5.74. The molecule has 0 saturated carbocycles. The van der Waals surface area contributed by atoms with Crippen LogP contribution in [0.4, 0.5) is 0 Å². The highest BCUT2D eigenvalue weighted by Crippen LogP contribution is 2.25. The molecule has 0 aromatic heterocycles. The maximum Gasteiger partial charge on any atom is 0.257 e. The molecule has 2 rings (SSSR count). The Labute approximate surface area is 121 Å². The highest BCUT2D eigenvalue weighted by Gasteiger charge is 2.27. The maximum atomic E-state index is 12.3. The van der Waals surface area contributed by atoms with Gasteiger partial charge in [-0.05, 0) is 31.0 Å². The van der Waals surface area contributed by atoms with Crippen molar-refractivity contribution in [1.82, 2.24) is 4.90 Å². The zero-order chi connectivity index (χ0) is 14.7. The summed E-state index contributed by atoms with van der Waals surface area (Å²) in [7, 11) is 0. The molecule has 1 aliphatic heterocycles. The van der Waals surface area contributed by atoms with Crippen LogP contribution in [0, 0.1) is 5.92 Å². The van der Waals surface area contributed by atoms with Gasteiger partial charge in [0, 0.05) is 24.0 Å². The van der Waals surface area contributed by atoms with E-state index in [1.807, 2.05) is 0 Å². The fourth-order valence-corrected chi connectivity index (χ4v) is 2.48. The van der Waals surface area contributed by atoms with E-state index < -0.39 is 0 Å². The summed E-state index contributed by atoms with van der Waals surface area (Å²) in [4.78, 5) is 13.9. The van der Waals surface area contributed by atoms with E-state index in [-0.39, 0.29) is 29.0 Å². The molecule has 6 nitrogen and oxygen atoms in total. The molecule has 0 atom stereocenters. The Balaban J connectivity index is 2.05. The summed E-state index contributed by atoms with van der Waals surface area (Å²) in [6, 6.07) is 4.42. The maximum absolute atomic E-state index is 12.3. The zero-order valence-corrected chi connectivity index (χ0v) is 11.5. The molecule has 0 aliphatic carbocycles. The summed E-state index contributed by atoms with van der Waals surface area (Å²) in [5, 5.41) is 21.8. The van der Waals surface area contributed by atoms with Crippen molar-refractivity contribution < 1.29 is 15.1 Å². The van der Waals surface area contributed by atoms with Gasteiger partial charge in [0.2, 0.25) is 0 Å². The van der Waals surface area contributed by atoms with E-state index in [1.54, 1.807) is 11.0 Å². The van der Waals surface area contributed by atoms with Crippen LogP contribution in [0.5, 0.6) is 5.75 Å². The third kappa shape index (κ3) is 2.96. The lowest BCUT2D eigenvalue weighted by molar-refractivity contribution is 0.0706. The molecule has 1 saturated heterocycles. The van der Waals surface area contributed by atoms with Crippen molar-refractivity contribution in [3.05, 3.63) is 28.8 Å². The van der Waals surface area contributed by atoms with Crippen molar-refractivity contribution in [3.8, 4) is 5.75 Å². The molecule has 0 radical (unpaired) electrons. The van der Waals surface area contributed by atoms with Gasteiger partial charge in [-0.3, -0.25) is 4.79 Å². The predicted molar refractivity (Wildman–Crippen MR) is 75.2 cm³/mol. The molecule has 1 heterocycles. The molecule has 20 heavy (non-hydrogen) atoms. The molecule has 1 aromatic carbocycles. The van der Waals surface area contributed by atoms with Crippen LogP contribution >= 0.6 is 11.6 Å². The second-order valence-electron chi connectivity index (χ2n) is 4.75. The minimum atomic E-state index is -0.239. The van der Waals surface area contributed by atoms with Crippen LogP contribution in [0.3, 0.4) is 0 Å². The second kappa shape index (κ2) is 6.00. The number of carbonyl (C=O) groups is 1. The number of aromatic hydroxyl groups is 1. The molecule has 1 aromatic rings. The number of hydrogen-bond donors (Lipinski definition) is 3. The number of oxime groups is 1. The van der Waals surface area contributed by atoms with Crippen LogP contribution in [0.15, 0.2) is 23.4 Å². The first-order valence-corrected chi connectivity index (χ1v) is 6.66. The van der Waals surface area contributed by atoms with Gasteiger partial charge >= 0.3 is 0 Å². The summed E-state index contributed by atoms with van der Waals surface area (Å²) in [6.45, 7) is 1.00. The smallest absolute Gasteiger partial charge is 0.257 e. The standard InChI is InChI=1S/C13H16ClN3O3/c14-9-1-2-10(11(18)7-9)13(19)17-5-3-8(4-6-17)12(15)16-20/h1-2,7-8,18,20H,3-6H2,(H2,15,16). The van der Waals surface area contributed by atoms with Gasteiger partial charge in [-0.2, -0.15) is 0 Å². The number of amides is 1. The van der Waals surface area contributed by atoms with E-state index in [1.165, 1.54) is 12.1 Å². The number of hydrogen-bond acceptors (Lipinski definition) is 4. The molecule has 1 fully saturated rings. The number of halogens is 1. The number of likely N-dealkylation sites (tertiary alicyclic amines) is 1. The normalized spacial score (nSPS) is 17.2. The first kappa shape index (κ1) is 14.5. The zero-order valence-electron chi connectivity index (χ0n) is 10.8. The average molecular weight is 298 g/mol. The van der Waals surface area contributed by atoms with Crippen molar-refractivity contribution in [2.75, 3.05) is 13.1 Å². The molecule has 1 amide bonds. The van der Waals surface area contributed by atoms with E-state index in [9.17, 15) is 9.90 Å². The van der Waals surface area contributed by atoms with Crippen molar-refractivity contribution in [3.63, 3.8) is 0 Å². The lowest BCUT2D eigenvalue weighted by atomic mass is 9.95. The predicted octanol–water partition coefficient (Wildman–Crippen LogP) is 1.64. The molecule has 7 heteroatoms. The quantitative estimate of drug-likeness (QED) is 0.334. The first-order chi connectivity index (χ1) is 9.52. The van der Waals surface area contributed by atoms with Crippen molar-refractivity contribution in [2.24, 2.45) is 16.8 Å². The van der Waals surface area contributed by atoms with Gasteiger partial charge in [0.1, 0.15) is 11.6 Å². The number of carbonyl (C=O) groups excluding carboxylic acids is 1. The fraction of sp³-hybridized carbons (Fsp3) is 0.385. The Bertz CT molecular complexity index is 540. The third-order valence-corrected chi connectivity index (χ3v) is 3.74. The molecular weight excluding hydrogens is 282 g/mol. The van der Waals surface area contributed by atoms with Crippen LogP contribution in [0.25, 0.3) is 0 Å². The number of benzene rings is 1. The van der Waals surface area contributed by atoms with Crippen LogP contribution in [0.2, 0.25) is 5.02 Å². The number of nitrogens with zero attached hydrogens (tertiary/aromatic N) is 2. The summed E-state index contributed by atoms with van der Waals surface area (Å²) in [5.41, 5.74) is 5.80. The SMILES string of the molecule is NC(=NO)C1CCN(C(=O)c2ccc(Cl)cc2O)CC1. The summed E-state index contributed by atoms with van der Waals surface area (Å²) in [5.74, 6) is -0.174. The van der Waals surface area contributed by atoms with Gasteiger partial charge in [0.25, 0.3) is 5.91 Å². The van der Waals surface area contributed by atoms with Crippen molar-refractivity contribution >= 4 is 23.3 Å². The second-order valence-corrected chi connectivity index (χ2v) is 5.19. The highest BCUT2D eigenvalue weighted by atomic mass is 35.5.